The van der Waals surface area contributed by atoms with Crippen LogP contribution >= 0.6 is 17.2 Å². The lowest BCUT2D eigenvalue weighted by Gasteiger charge is -2.09. The van der Waals surface area contributed by atoms with E-state index in [1.807, 2.05) is 0 Å². The van der Waals surface area contributed by atoms with Gasteiger partial charge in [0.15, 0.2) is 0 Å². The lowest BCUT2D eigenvalue weighted by Crippen LogP contribution is -1.99. The number of hydrogen-bond acceptors (Lipinski definition) is 6. The van der Waals surface area contributed by atoms with Gasteiger partial charge in [-0.25, -0.2) is 0 Å². The van der Waals surface area contributed by atoms with Crippen LogP contribution in [0, 0.1) is 0 Å². The molecule has 2 fully saturated rings. The molecular weight excluding hydrogens is 230 g/mol. The second-order valence-corrected chi connectivity index (χ2v) is 4.89. The second kappa shape index (κ2) is 6.26. The predicted octanol–water partition coefficient (Wildman–Crippen LogP) is 1.57. The molecule has 0 spiro atoms. The normalized spacial score (nSPS) is 24.9. The largest absolute Gasteiger partial charge is 0.332 e. The SMILES string of the molecule is C1COP(OCCOP2OCCO2)O1. The Labute approximate surface area is 84.8 Å². The van der Waals surface area contributed by atoms with Crippen molar-refractivity contribution < 1.29 is 27.1 Å². The summed E-state index contributed by atoms with van der Waals surface area (Å²) in [5.74, 6) is 0. The van der Waals surface area contributed by atoms with Gasteiger partial charge in [-0.1, -0.05) is 0 Å². The Morgan fingerprint density at radius 3 is 1.43 bits per heavy atom. The van der Waals surface area contributed by atoms with E-state index in [0.29, 0.717) is 39.6 Å². The third-order valence-electron chi connectivity index (χ3n) is 1.43. The van der Waals surface area contributed by atoms with Gasteiger partial charge in [0.2, 0.25) is 0 Å². The molecule has 2 heterocycles. The highest BCUT2D eigenvalue weighted by molar-refractivity contribution is 7.42. The predicted molar refractivity (Wildman–Crippen MR) is 49.6 cm³/mol. The van der Waals surface area contributed by atoms with Gasteiger partial charge in [-0.2, -0.15) is 0 Å². The summed E-state index contributed by atoms with van der Waals surface area (Å²) in [6.45, 7) is 3.35. The monoisotopic (exact) mass is 242 g/mol. The molecule has 0 amide bonds. The lowest BCUT2D eigenvalue weighted by molar-refractivity contribution is 0.174. The van der Waals surface area contributed by atoms with E-state index in [1.54, 1.807) is 0 Å². The molecule has 2 saturated heterocycles. The summed E-state index contributed by atoms with van der Waals surface area (Å²) in [5.41, 5.74) is 0. The molecule has 2 aliphatic heterocycles. The first kappa shape index (κ1) is 11.1. The molecule has 0 aromatic rings. The Hall–Kier alpha value is 0.620. The molecule has 0 unspecified atom stereocenters. The molecule has 0 aliphatic carbocycles. The maximum absolute atomic E-state index is 5.26. The highest BCUT2D eigenvalue weighted by atomic mass is 31.2. The van der Waals surface area contributed by atoms with E-state index in [2.05, 4.69) is 0 Å². The fourth-order valence-corrected chi connectivity index (χ4v) is 2.68. The quantitative estimate of drug-likeness (QED) is 0.538. The van der Waals surface area contributed by atoms with Crippen LogP contribution in [0.5, 0.6) is 0 Å². The van der Waals surface area contributed by atoms with Crippen molar-refractivity contribution in [1.29, 1.82) is 0 Å². The molecule has 2 rings (SSSR count). The van der Waals surface area contributed by atoms with Crippen molar-refractivity contribution in [2.75, 3.05) is 39.6 Å². The smallest absolute Gasteiger partial charge is 0.310 e. The molecular formula is C6H12O6P2. The third kappa shape index (κ3) is 3.65. The van der Waals surface area contributed by atoms with Crippen molar-refractivity contribution in [2.45, 2.75) is 0 Å². The van der Waals surface area contributed by atoms with Gasteiger partial charge in [0.25, 0.3) is 0 Å². The average molecular weight is 242 g/mol. The fourth-order valence-electron chi connectivity index (χ4n) is 0.894. The maximum Gasteiger partial charge on any atom is 0.332 e. The summed E-state index contributed by atoms with van der Waals surface area (Å²) in [6.07, 6.45) is 0. The van der Waals surface area contributed by atoms with Gasteiger partial charge >= 0.3 is 17.2 Å². The first-order chi connectivity index (χ1) is 6.95. The van der Waals surface area contributed by atoms with E-state index >= 15 is 0 Å². The van der Waals surface area contributed by atoms with Crippen molar-refractivity contribution in [3.8, 4) is 0 Å². The molecule has 0 radical (unpaired) electrons. The van der Waals surface area contributed by atoms with E-state index in [4.69, 9.17) is 27.1 Å². The van der Waals surface area contributed by atoms with Crippen molar-refractivity contribution in [3.63, 3.8) is 0 Å². The van der Waals surface area contributed by atoms with Gasteiger partial charge < -0.3 is 27.1 Å². The minimum Gasteiger partial charge on any atom is -0.310 e. The summed E-state index contributed by atoms with van der Waals surface area (Å²) in [7, 11) is -2.25. The second-order valence-electron chi connectivity index (χ2n) is 2.45. The molecule has 6 nitrogen and oxygen atoms in total. The van der Waals surface area contributed by atoms with Gasteiger partial charge in [0.05, 0.1) is 39.6 Å². The van der Waals surface area contributed by atoms with Crippen LogP contribution in [0.1, 0.15) is 0 Å². The van der Waals surface area contributed by atoms with Crippen molar-refractivity contribution in [1.82, 2.24) is 0 Å². The van der Waals surface area contributed by atoms with Crippen LogP contribution in [-0.4, -0.2) is 39.6 Å². The topological polar surface area (TPSA) is 55.4 Å². The molecule has 0 saturated carbocycles. The first-order valence-corrected chi connectivity index (χ1v) is 6.52. The molecule has 14 heavy (non-hydrogen) atoms. The Morgan fingerprint density at radius 2 is 1.07 bits per heavy atom. The zero-order chi connectivity index (χ0) is 9.64. The summed E-state index contributed by atoms with van der Waals surface area (Å²) >= 11 is 0. The lowest BCUT2D eigenvalue weighted by atomic mass is 10.8. The Bertz CT molecular complexity index is 140. The molecule has 0 aromatic heterocycles. The Kier molecular flexibility index (Phi) is 4.97. The molecule has 2 aliphatic rings. The van der Waals surface area contributed by atoms with Gasteiger partial charge in [-0.15, -0.1) is 0 Å². The van der Waals surface area contributed by atoms with E-state index in [-0.39, 0.29) is 0 Å². The van der Waals surface area contributed by atoms with Gasteiger partial charge in [0, 0.05) is 0 Å². The highest BCUT2D eigenvalue weighted by Gasteiger charge is 2.21. The molecule has 0 N–H and O–H groups in total. The highest BCUT2D eigenvalue weighted by Crippen LogP contribution is 2.45. The summed E-state index contributed by atoms with van der Waals surface area (Å²) < 4.78 is 31.0. The van der Waals surface area contributed by atoms with Gasteiger partial charge in [-0.3, -0.25) is 0 Å². The summed E-state index contributed by atoms with van der Waals surface area (Å²) in [5, 5.41) is 0. The van der Waals surface area contributed by atoms with Crippen LogP contribution in [0.3, 0.4) is 0 Å². The number of rotatable bonds is 5. The fraction of sp³-hybridized carbons (Fsp3) is 1.00. The summed E-state index contributed by atoms with van der Waals surface area (Å²) in [4.78, 5) is 0. The molecule has 0 bridgehead atoms. The van der Waals surface area contributed by atoms with Crippen LogP contribution < -0.4 is 0 Å². The minimum absolute atomic E-state index is 0.442. The van der Waals surface area contributed by atoms with Crippen LogP contribution in [0.25, 0.3) is 0 Å². The van der Waals surface area contributed by atoms with E-state index < -0.39 is 17.2 Å². The van der Waals surface area contributed by atoms with Gasteiger partial charge in [0.1, 0.15) is 0 Å². The molecule has 0 atom stereocenters. The molecule has 0 aromatic carbocycles. The minimum atomic E-state index is -1.12. The van der Waals surface area contributed by atoms with Crippen LogP contribution in [0.15, 0.2) is 0 Å². The maximum atomic E-state index is 5.26. The average Bonchev–Trinajstić information content (AvgIpc) is 2.86. The van der Waals surface area contributed by atoms with Crippen molar-refractivity contribution in [3.05, 3.63) is 0 Å². The van der Waals surface area contributed by atoms with E-state index in [0.717, 1.165) is 0 Å². The molecule has 82 valence electrons. The van der Waals surface area contributed by atoms with Gasteiger partial charge in [-0.05, 0) is 0 Å². The zero-order valence-corrected chi connectivity index (χ0v) is 9.38. The summed E-state index contributed by atoms with van der Waals surface area (Å²) in [6, 6.07) is 0. The standard InChI is InChI=1S/C6H12O6P2/c1-2-8-13(7-1)11-5-6-12-14-9-3-4-10-14/h1-6H2. The van der Waals surface area contributed by atoms with Crippen LogP contribution in [0.2, 0.25) is 0 Å². The Balaban J connectivity index is 1.46. The van der Waals surface area contributed by atoms with E-state index in [1.165, 1.54) is 0 Å². The van der Waals surface area contributed by atoms with Crippen molar-refractivity contribution >= 4 is 17.2 Å². The van der Waals surface area contributed by atoms with Crippen molar-refractivity contribution in [2.24, 2.45) is 0 Å². The zero-order valence-electron chi connectivity index (χ0n) is 7.59. The van der Waals surface area contributed by atoms with Crippen LogP contribution in [0.4, 0.5) is 0 Å². The first-order valence-electron chi connectivity index (χ1n) is 4.33. The van der Waals surface area contributed by atoms with E-state index in [9.17, 15) is 0 Å². The Morgan fingerprint density at radius 1 is 0.714 bits per heavy atom. The third-order valence-corrected chi connectivity index (χ3v) is 3.79. The number of hydrogen-bond donors (Lipinski definition) is 0. The van der Waals surface area contributed by atoms with Crippen LogP contribution in [-0.2, 0) is 27.1 Å². The molecule has 8 heteroatoms.